The Morgan fingerprint density at radius 2 is 2.05 bits per heavy atom. The van der Waals surface area contributed by atoms with Crippen molar-refractivity contribution in [3.63, 3.8) is 0 Å². The molecule has 0 atom stereocenters. The molecule has 0 aromatic carbocycles. The maximum atomic E-state index is 12.1. The van der Waals surface area contributed by atoms with Gasteiger partial charge in [0.2, 0.25) is 5.91 Å². The number of aryl methyl sites for hydroxylation is 1. The second-order valence-corrected chi connectivity index (χ2v) is 4.67. The van der Waals surface area contributed by atoms with E-state index in [-0.39, 0.29) is 30.5 Å². The van der Waals surface area contributed by atoms with Gasteiger partial charge in [-0.15, -0.1) is 0 Å². The molecule has 0 N–H and O–H groups in total. The van der Waals surface area contributed by atoms with E-state index in [1.165, 1.54) is 22.6 Å². The highest BCUT2D eigenvalue weighted by Gasteiger charge is 2.20. The molecule has 6 heteroatoms. The normalized spacial score (nSPS) is 10.4. The fourth-order valence-corrected chi connectivity index (χ4v) is 1.77. The third kappa shape index (κ3) is 4.53. The van der Waals surface area contributed by atoms with Crippen molar-refractivity contribution in [1.29, 1.82) is 0 Å². The number of carbonyl (C=O) groups is 2. The number of methoxy groups -OCH3 is 1. The van der Waals surface area contributed by atoms with E-state index in [1.54, 1.807) is 18.3 Å². The summed E-state index contributed by atoms with van der Waals surface area (Å²) in [6.45, 7) is 3.88. The lowest BCUT2D eigenvalue weighted by atomic mass is 10.2. The van der Waals surface area contributed by atoms with E-state index in [1.807, 2.05) is 13.8 Å². The van der Waals surface area contributed by atoms with Gasteiger partial charge in [0.25, 0.3) is 5.56 Å². The standard InChI is InChI=1S/C14H20N2O4/c1-11(2)16(10-14(19)20-3)13(18)7-9-15-8-5-4-6-12(15)17/h4-6,8,11H,7,9-10H2,1-3H3. The van der Waals surface area contributed by atoms with Gasteiger partial charge in [0.05, 0.1) is 7.11 Å². The molecule has 0 aliphatic rings. The van der Waals surface area contributed by atoms with Gasteiger partial charge in [0.15, 0.2) is 0 Å². The molecule has 1 rings (SSSR count). The number of amides is 1. The number of ether oxygens (including phenoxy) is 1. The summed E-state index contributed by atoms with van der Waals surface area (Å²) in [7, 11) is 1.29. The van der Waals surface area contributed by atoms with Crippen LogP contribution in [0, 0.1) is 0 Å². The predicted octanol–water partition coefficient (Wildman–Crippen LogP) is 0.648. The van der Waals surface area contributed by atoms with Crippen LogP contribution in [-0.2, 0) is 20.9 Å². The first-order valence-electron chi connectivity index (χ1n) is 6.47. The molecule has 0 spiro atoms. The molecule has 1 heterocycles. The Labute approximate surface area is 118 Å². The van der Waals surface area contributed by atoms with Crippen LogP contribution in [0.2, 0.25) is 0 Å². The van der Waals surface area contributed by atoms with Crippen LogP contribution < -0.4 is 5.56 Å². The third-order valence-electron chi connectivity index (χ3n) is 2.94. The van der Waals surface area contributed by atoms with Crippen LogP contribution in [-0.4, -0.2) is 41.0 Å². The number of rotatable bonds is 6. The van der Waals surface area contributed by atoms with Gasteiger partial charge in [-0.05, 0) is 19.9 Å². The summed E-state index contributed by atoms with van der Waals surface area (Å²) in [4.78, 5) is 36.4. The van der Waals surface area contributed by atoms with Gasteiger partial charge >= 0.3 is 5.97 Å². The summed E-state index contributed by atoms with van der Waals surface area (Å²) in [6, 6.07) is 4.73. The van der Waals surface area contributed by atoms with Crippen molar-refractivity contribution in [3.05, 3.63) is 34.7 Å². The van der Waals surface area contributed by atoms with Crippen LogP contribution in [0.15, 0.2) is 29.2 Å². The lowest BCUT2D eigenvalue weighted by Crippen LogP contribution is -2.41. The molecule has 0 saturated carbocycles. The van der Waals surface area contributed by atoms with Crippen molar-refractivity contribution < 1.29 is 14.3 Å². The fraction of sp³-hybridized carbons (Fsp3) is 0.500. The number of aromatic nitrogens is 1. The summed E-state index contributed by atoms with van der Waals surface area (Å²) in [5.74, 6) is -0.634. The van der Waals surface area contributed by atoms with Crippen molar-refractivity contribution >= 4 is 11.9 Å². The third-order valence-corrected chi connectivity index (χ3v) is 2.94. The highest BCUT2D eigenvalue weighted by molar-refractivity contribution is 5.82. The van der Waals surface area contributed by atoms with Crippen molar-refractivity contribution in [2.75, 3.05) is 13.7 Å². The van der Waals surface area contributed by atoms with Crippen molar-refractivity contribution in [2.24, 2.45) is 0 Å². The number of carbonyl (C=O) groups excluding carboxylic acids is 2. The smallest absolute Gasteiger partial charge is 0.325 e. The number of esters is 1. The first-order chi connectivity index (χ1) is 9.45. The Morgan fingerprint density at radius 1 is 1.35 bits per heavy atom. The summed E-state index contributed by atoms with van der Waals surface area (Å²) >= 11 is 0. The minimum atomic E-state index is -0.455. The maximum absolute atomic E-state index is 12.1. The van der Waals surface area contributed by atoms with Crippen molar-refractivity contribution in [2.45, 2.75) is 32.9 Å². The Morgan fingerprint density at radius 3 is 2.60 bits per heavy atom. The number of pyridine rings is 1. The minimum Gasteiger partial charge on any atom is -0.468 e. The van der Waals surface area contributed by atoms with Gasteiger partial charge in [-0.3, -0.25) is 14.4 Å². The molecule has 110 valence electrons. The maximum Gasteiger partial charge on any atom is 0.325 e. The van der Waals surface area contributed by atoms with Crippen LogP contribution in [0.1, 0.15) is 20.3 Å². The van der Waals surface area contributed by atoms with Crippen molar-refractivity contribution in [1.82, 2.24) is 9.47 Å². The van der Waals surface area contributed by atoms with E-state index in [4.69, 9.17) is 0 Å². The van der Waals surface area contributed by atoms with Crippen molar-refractivity contribution in [3.8, 4) is 0 Å². The van der Waals surface area contributed by atoms with Crippen LogP contribution >= 0.6 is 0 Å². The van der Waals surface area contributed by atoms with Crippen LogP contribution in [0.3, 0.4) is 0 Å². The summed E-state index contributed by atoms with van der Waals surface area (Å²) < 4.78 is 6.04. The van der Waals surface area contributed by atoms with Gasteiger partial charge in [-0.2, -0.15) is 0 Å². The summed E-state index contributed by atoms with van der Waals surface area (Å²) in [5, 5.41) is 0. The number of nitrogens with zero attached hydrogens (tertiary/aromatic N) is 2. The molecule has 0 saturated heterocycles. The summed E-state index contributed by atoms with van der Waals surface area (Å²) in [6.07, 6.45) is 1.80. The molecule has 0 aliphatic carbocycles. The first kappa shape index (κ1) is 15.9. The second kappa shape index (κ2) is 7.47. The molecule has 0 aliphatic heterocycles. The molecule has 1 amide bonds. The van der Waals surface area contributed by atoms with E-state index in [0.29, 0.717) is 6.54 Å². The Hall–Kier alpha value is -2.11. The van der Waals surface area contributed by atoms with E-state index < -0.39 is 5.97 Å². The minimum absolute atomic E-state index is 0.0727. The number of hydrogen-bond acceptors (Lipinski definition) is 4. The molecule has 0 radical (unpaired) electrons. The van der Waals surface area contributed by atoms with E-state index in [2.05, 4.69) is 4.74 Å². The SMILES string of the molecule is COC(=O)CN(C(=O)CCn1ccccc1=O)C(C)C. The summed E-state index contributed by atoms with van der Waals surface area (Å²) in [5.41, 5.74) is -0.149. The molecular weight excluding hydrogens is 260 g/mol. The molecule has 0 fully saturated rings. The Bertz CT molecular complexity index is 522. The van der Waals surface area contributed by atoms with Gasteiger partial charge in [-0.25, -0.2) is 0 Å². The second-order valence-electron chi connectivity index (χ2n) is 4.67. The molecule has 0 bridgehead atoms. The van der Waals surface area contributed by atoms with Crippen LogP contribution in [0.25, 0.3) is 0 Å². The molecular formula is C14H20N2O4. The predicted molar refractivity (Wildman–Crippen MR) is 74.2 cm³/mol. The highest BCUT2D eigenvalue weighted by atomic mass is 16.5. The fourth-order valence-electron chi connectivity index (χ4n) is 1.77. The van der Waals surface area contributed by atoms with E-state index >= 15 is 0 Å². The van der Waals surface area contributed by atoms with Gasteiger partial charge in [0.1, 0.15) is 6.54 Å². The van der Waals surface area contributed by atoms with Crippen LogP contribution in [0.4, 0.5) is 0 Å². The van der Waals surface area contributed by atoms with Gasteiger partial charge < -0.3 is 14.2 Å². The van der Waals surface area contributed by atoms with E-state index in [9.17, 15) is 14.4 Å². The lowest BCUT2D eigenvalue weighted by Gasteiger charge is -2.25. The highest BCUT2D eigenvalue weighted by Crippen LogP contribution is 2.03. The quantitative estimate of drug-likeness (QED) is 0.717. The molecule has 1 aromatic rings. The zero-order valence-electron chi connectivity index (χ0n) is 12.0. The zero-order chi connectivity index (χ0) is 15.1. The monoisotopic (exact) mass is 280 g/mol. The Balaban J connectivity index is 2.65. The molecule has 6 nitrogen and oxygen atoms in total. The topological polar surface area (TPSA) is 68.6 Å². The van der Waals surface area contributed by atoms with Crippen LogP contribution in [0.5, 0.6) is 0 Å². The average Bonchev–Trinajstić information content (AvgIpc) is 2.42. The molecule has 1 aromatic heterocycles. The van der Waals surface area contributed by atoms with Gasteiger partial charge in [0, 0.05) is 31.3 Å². The van der Waals surface area contributed by atoms with Gasteiger partial charge in [-0.1, -0.05) is 6.07 Å². The van der Waals surface area contributed by atoms with E-state index in [0.717, 1.165) is 0 Å². The zero-order valence-corrected chi connectivity index (χ0v) is 12.0. The largest absolute Gasteiger partial charge is 0.468 e. The Kier molecular flexibility index (Phi) is 5.96. The molecule has 0 unspecified atom stereocenters. The molecule has 20 heavy (non-hydrogen) atoms. The average molecular weight is 280 g/mol. The lowest BCUT2D eigenvalue weighted by molar-refractivity contribution is -0.148. The number of hydrogen-bond donors (Lipinski definition) is 0. The first-order valence-corrected chi connectivity index (χ1v) is 6.47.